The normalized spacial score (nSPS) is 21.7. The van der Waals surface area contributed by atoms with Crippen LogP contribution in [0.2, 0.25) is 0 Å². The van der Waals surface area contributed by atoms with Crippen LogP contribution in [0.1, 0.15) is 84.8 Å². The molecule has 204 valence electrons. The number of carbonyl (C=O) groups is 2. The molecule has 2 aliphatic carbocycles. The fraction of sp³-hybridized carbons (Fsp3) is 0.583. The van der Waals surface area contributed by atoms with Gasteiger partial charge in [0.25, 0.3) is 5.91 Å². The summed E-state index contributed by atoms with van der Waals surface area (Å²) in [5.41, 5.74) is -0.468. The molecule has 3 heterocycles. The molecule has 1 atom stereocenters. The molecular weight excluding hydrogens is 512 g/mol. The van der Waals surface area contributed by atoms with Crippen LogP contribution in [-0.4, -0.2) is 53.7 Å². The average molecular weight is 539 g/mol. The molecule has 14 heteroatoms. The number of halogens is 4. The minimum Gasteiger partial charge on any atom is -0.481 e. The summed E-state index contributed by atoms with van der Waals surface area (Å²) in [6.07, 6.45) is 0.853. The van der Waals surface area contributed by atoms with Crippen LogP contribution in [0, 0.1) is 12.8 Å². The first-order chi connectivity index (χ1) is 17.9. The van der Waals surface area contributed by atoms with Crippen molar-refractivity contribution in [2.75, 3.05) is 0 Å². The Kier molecular flexibility index (Phi) is 6.38. The maximum Gasteiger partial charge on any atom is 0.314 e. The number of nitrogens with zero attached hydrogens (tertiary/aromatic N) is 5. The van der Waals surface area contributed by atoms with Gasteiger partial charge in [0.2, 0.25) is 11.8 Å². The molecule has 5 rings (SSSR count). The number of carboxylic acids is 1. The Morgan fingerprint density at radius 1 is 1.08 bits per heavy atom. The number of carbonyl (C=O) groups excluding carboxylic acids is 1. The highest BCUT2D eigenvalue weighted by Gasteiger charge is 2.49. The minimum absolute atomic E-state index is 0.0437. The summed E-state index contributed by atoms with van der Waals surface area (Å²) in [6, 6.07) is 0.717. The van der Waals surface area contributed by atoms with Gasteiger partial charge in [0.05, 0.1) is 29.5 Å². The third-order valence-electron chi connectivity index (χ3n) is 7.84. The van der Waals surface area contributed by atoms with Crippen molar-refractivity contribution < 1.29 is 36.9 Å². The van der Waals surface area contributed by atoms with Gasteiger partial charge in [0.1, 0.15) is 5.69 Å². The number of carboxylic acid groups (broad SMARTS) is 1. The van der Waals surface area contributed by atoms with Crippen molar-refractivity contribution in [3.63, 3.8) is 0 Å². The van der Waals surface area contributed by atoms with Gasteiger partial charge in [-0.05, 0) is 55.3 Å². The number of imidazole rings is 1. The van der Waals surface area contributed by atoms with E-state index in [0.717, 1.165) is 0 Å². The lowest BCUT2D eigenvalue weighted by Gasteiger charge is -2.36. The quantitative estimate of drug-likeness (QED) is 0.445. The Bertz CT molecular complexity index is 1350. The van der Waals surface area contributed by atoms with E-state index in [2.05, 4.69) is 30.3 Å². The molecular formula is C24H26F4N6O4. The molecule has 0 bridgehead atoms. The van der Waals surface area contributed by atoms with Gasteiger partial charge in [-0.25, -0.2) is 31.7 Å². The lowest BCUT2D eigenvalue weighted by molar-refractivity contribution is -0.149. The number of nitrogens with one attached hydrogen (secondary N) is 1. The predicted molar refractivity (Wildman–Crippen MR) is 122 cm³/mol. The number of aromatic nitrogens is 5. The number of hydrogen-bond acceptors (Lipinski definition) is 7. The molecule has 10 nitrogen and oxygen atoms in total. The van der Waals surface area contributed by atoms with Crippen LogP contribution < -0.4 is 5.32 Å². The fourth-order valence-corrected chi connectivity index (χ4v) is 5.45. The van der Waals surface area contributed by atoms with Crippen LogP contribution in [0.5, 0.6) is 0 Å². The second-order valence-corrected chi connectivity index (χ2v) is 10.3. The second-order valence-electron chi connectivity index (χ2n) is 10.3. The summed E-state index contributed by atoms with van der Waals surface area (Å²) in [6.45, 7) is 1.54. The van der Waals surface area contributed by atoms with Gasteiger partial charge in [-0.1, -0.05) is 5.16 Å². The van der Waals surface area contributed by atoms with Crippen molar-refractivity contribution in [1.29, 1.82) is 0 Å². The first-order valence-electron chi connectivity index (χ1n) is 12.3. The summed E-state index contributed by atoms with van der Waals surface area (Å²) in [4.78, 5) is 29.7. The molecule has 0 aromatic carbocycles. The van der Waals surface area contributed by atoms with Crippen molar-refractivity contribution in [1.82, 2.24) is 30.2 Å². The van der Waals surface area contributed by atoms with Crippen molar-refractivity contribution in [3.05, 3.63) is 41.1 Å². The number of amides is 1. The van der Waals surface area contributed by atoms with Gasteiger partial charge in [-0.3, -0.25) is 9.59 Å². The molecule has 2 N–H and O–H groups in total. The number of hydrogen-bond donors (Lipinski definition) is 2. The Hall–Kier alpha value is -3.58. The first-order valence-corrected chi connectivity index (χ1v) is 12.3. The van der Waals surface area contributed by atoms with Crippen LogP contribution in [0.15, 0.2) is 23.1 Å². The maximum atomic E-state index is 13.9. The standard InChI is InChI=1S/C24H26F4N6O4/c1-13-18(33-38-32-13)20(35)31-19(14-2-4-23(25,26)5-3-14)16-12-34-17(30-16)10-15(11-29-34)22(21(36)37)6-8-24(27,28)9-7-22/h10-12,14,19H,2-9H2,1H3,(H,31,35)(H,36,37). The molecule has 1 amide bonds. The first kappa shape index (κ1) is 26.0. The lowest BCUT2D eigenvalue weighted by atomic mass is 9.69. The Labute approximate surface area is 213 Å². The van der Waals surface area contributed by atoms with Gasteiger partial charge in [0.15, 0.2) is 11.3 Å². The molecule has 0 radical (unpaired) electrons. The van der Waals surface area contributed by atoms with Crippen LogP contribution in [0.4, 0.5) is 17.6 Å². The third kappa shape index (κ3) is 4.83. The molecule has 2 saturated carbocycles. The fourth-order valence-electron chi connectivity index (χ4n) is 5.45. The Balaban J connectivity index is 1.48. The highest BCUT2D eigenvalue weighted by molar-refractivity contribution is 5.93. The van der Waals surface area contributed by atoms with E-state index >= 15 is 0 Å². The van der Waals surface area contributed by atoms with Crippen molar-refractivity contribution in [3.8, 4) is 0 Å². The third-order valence-corrected chi connectivity index (χ3v) is 7.84. The molecule has 0 aliphatic heterocycles. The SMILES string of the molecule is Cc1nonc1C(=O)NC(c1cn2ncc(C3(C(=O)O)CCC(F)(F)CC3)cc2n1)C1CCC(F)(F)CC1. The highest BCUT2D eigenvalue weighted by Crippen LogP contribution is 2.46. The van der Waals surface area contributed by atoms with E-state index in [1.807, 2.05) is 0 Å². The van der Waals surface area contributed by atoms with Gasteiger partial charge in [-0.15, -0.1) is 0 Å². The van der Waals surface area contributed by atoms with Gasteiger partial charge in [-0.2, -0.15) is 5.10 Å². The molecule has 0 saturated heterocycles. The zero-order valence-corrected chi connectivity index (χ0v) is 20.5. The largest absolute Gasteiger partial charge is 0.481 e. The second kappa shape index (κ2) is 9.31. The summed E-state index contributed by atoms with van der Waals surface area (Å²) >= 11 is 0. The smallest absolute Gasteiger partial charge is 0.314 e. The van der Waals surface area contributed by atoms with Crippen molar-refractivity contribution in [2.45, 2.75) is 81.6 Å². The van der Waals surface area contributed by atoms with Crippen LogP contribution in [0.25, 0.3) is 5.65 Å². The summed E-state index contributed by atoms with van der Waals surface area (Å²) in [7, 11) is 0. The zero-order valence-electron chi connectivity index (χ0n) is 20.5. The summed E-state index contributed by atoms with van der Waals surface area (Å²) in [5.74, 6) is -7.89. The van der Waals surface area contributed by atoms with E-state index in [-0.39, 0.29) is 67.0 Å². The highest BCUT2D eigenvalue weighted by atomic mass is 19.3. The molecule has 1 unspecified atom stereocenters. The van der Waals surface area contributed by atoms with E-state index in [9.17, 15) is 32.3 Å². The van der Waals surface area contributed by atoms with Gasteiger partial charge < -0.3 is 10.4 Å². The summed E-state index contributed by atoms with van der Waals surface area (Å²) in [5, 5.41) is 24.3. The molecule has 3 aromatic heterocycles. The van der Waals surface area contributed by atoms with E-state index < -0.39 is 48.0 Å². The van der Waals surface area contributed by atoms with E-state index in [1.54, 1.807) is 0 Å². The minimum atomic E-state index is -2.92. The van der Waals surface area contributed by atoms with E-state index in [4.69, 9.17) is 0 Å². The lowest BCUT2D eigenvalue weighted by Crippen LogP contribution is -2.42. The topological polar surface area (TPSA) is 136 Å². The molecule has 2 aliphatic rings. The van der Waals surface area contributed by atoms with E-state index in [1.165, 1.54) is 29.9 Å². The molecule has 2 fully saturated rings. The van der Waals surface area contributed by atoms with Crippen molar-refractivity contribution in [2.24, 2.45) is 5.92 Å². The molecule has 38 heavy (non-hydrogen) atoms. The average Bonchev–Trinajstić information content (AvgIpc) is 3.48. The Morgan fingerprint density at radius 2 is 1.74 bits per heavy atom. The number of aliphatic carboxylic acids is 1. The van der Waals surface area contributed by atoms with Crippen LogP contribution in [0.3, 0.4) is 0 Å². The zero-order chi connectivity index (χ0) is 27.3. The van der Waals surface area contributed by atoms with Gasteiger partial charge in [0, 0.05) is 25.7 Å². The van der Waals surface area contributed by atoms with Crippen LogP contribution >= 0.6 is 0 Å². The predicted octanol–water partition coefficient (Wildman–Crippen LogP) is 4.25. The molecule has 0 spiro atoms. The van der Waals surface area contributed by atoms with E-state index in [0.29, 0.717) is 5.69 Å². The number of alkyl halides is 4. The van der Waals surface area contributed by atoms with Gasteiger partial charge >= 0.3 is 5.97 Å². The Morgan fingerprint density at radius 3 is 2.34 bits per heavy atom. The van der Waals surface area contributed by atoms with Crippen molar-refractivity contribution >= 4 is 17.5 Å². The van der Waals surface area contributed by atoms with Crippen LogP contribution in [-0.2, 0) is 10.2 Å². The number of fused-ring (bicyclic) bond motifs is 1. The number of aryl methyl sites for hydroxylation is 1. The molecule has 3 aromatic rings. The maximum absolute atomic E-state index is 13.9. The summed E-state index contributed by atoms with van der Waals surface area (Å²) < 4.78 is 61.4. The monoisotopic (exact) mass is 538 g/mol. The number of rotatable bonds is 6.